The maximum Gasteiger partial charge on any atom is 0.253 e. The van der Waals surface area contributed by atoms with Crippen LogP contribution in [0.1, 0.15) is 22.0 Å². The minimum Gasteiger partial charge on any atom is -0.497 e. The standard InChI is InChI=1S/C23H25N3O3/c1-28-19-9-7-17(8-10-19)21(26-12-14-29-15-13-26)16-25-23(27)20-6-2-4-18-5-3-11-24-22(18)20/h2-11,21H,12-16H2,1H3,(H,25,27). The van der Waals surface area contributed by atoms with Crippen LogP contribution in [0.25, 0.3) is 10.9 Å². The number of rotatable bonds is 6. The van der Waals surface area contributed by atoms with Gasteiger partial charge in [-0.1, -0.05) is 30.3 Å². The summed E-state index contributed by atoms with van der Waals surface area (Å²) in [6, 6.07) is 17.6. The molecule has 1 fully saturated rings. The quantitative estimate of drug-likeness (QED) is 0.700. The number of carbonyl (C=O) groups is 1. The van der Waals surface area contributed by atoms with Gasteiger partial charge in [0, 0.05) is 31.2 Å². The number of hydrogen-bond acceptors (Lipinski definition) is 5. The molecule has 1 aromatic heterocycles. The molecule has 1 atom stereocenters. The first-order chi connectivity index (χ1) is 14.3. The van der Waals surface area contributed by atoms with Gasteiger partial charge in [-0.3, -0.25) is 14.7 Å². The average Bonchev–Trinajstić information content (AvgIpc) is 2.80. The van der Waals surface area contributed by atoms with Gasteiger partial charge >= 0.3 is 0 Å². The number of benzene rings is 2. The molecular formula is C23H25N3O3. The Morgan fingerprint density at radius 2 is 1.90 bits per heavy atom. The molecule has 2 heterocycles. The molecule has 0 saturated carbocycles. The molecule has 0 spiro atoms. The number of amides is 1. The van der Waals surface area contributed by atoms with Crippen LogP contribution in [0, 0.1) is 0 Å². The molecule has 6 heteroatoms. The smallest absolute Gasteiger partial charge is 0.253 e. The summed E-state index contributed by atoms with van der Waals surface area (Å²) in [5.41, 5.74) is 2.46. The lowest BCUT2D eigenvalue weighted by Gasteiger charge is -2.35. The molecule has 0 aliphatic carbocycles. The normalized spacial score (nSPS) is 15.8. The Morgan fingerprint density at radius 3 is 2.66 bits per heavy atom. The molecule has 2 aromatic carbocycles. The van der Waals surface area contributed by atoms with Crippen LogP contribution in [-0.4, -0.2) is 55.7 Å². The zero-order valence-electron chi connectivity index (χ0n) is 16.5. The van der Waals surface area contributed by atoms with E-state index in [1.165, 1.54) is 0 Å². The van der Waals surface area contributed by atoms with Crippen LogP contribution in [0.4, 0.5) is 0 Å². The monoisotopic (exact) mass is 391 g/mol. The predicted octanol–water partition coefficient (Wildman–Crippen LogP) is 3.05. The highest BCUT2D eigenvalue weighted by Crippen LogP contribution is 2.24. The van der Waals surface area contributed by atoms with Crippen LogP contribution in [0.2, 0.25) is 0 Å². The molecule has 4 rings (SSSR count). The van der Waals surface area contributed by atoms with Crippen molar-refractivity contribution in [3.05, 3.63) is 71.9 Å². The molecule has 1 N–H and O–H groups in total. The number of nitrogens with one attached hydrogen (secondary N) is 1. The molecule has 0 radical (unpaired) electrons. The molecule has 1 aliphatic heterocycles. The minimum absolute atomic E-state index is 0.0664. The Morgan fingerprint density at radius 1 is 1.14 bits per heavy atom. The summed E-state index contributed by atoms with van der Waals surface area (Å²) in [6.07, 6.45) is 1.72. The van der Waals surface area contributed by atoms with Crippen LogP contribution in [-0.2, 0) is 4.74 Å². The zero-order valence-corrected chi connectivity index (χ0v) is 16.5. The van der Waals surface area contributed by atoms with E-state index in [4.69, 9.17) is 9.47 Å². The Balaban J connectivity index is 1.54. The van der Waals surface area contributed by atoms with E-state index in [0.717, 1.165) is 35.3 Å². The van der Waals surface area contributed by atoms with Gasteiger partial charge in [-0.2, -0.15) is 0 Å². The summed E-state index contributed by atoms with van der Waals surface area (Å²) in [5, 5.41) is 4.08. The SMILES string of the molecule is COc1ccc(C(CNC(=O)c2cccc3cccnc23)N2CCOCC2)cc1. The number of para-hydroxylation sites is 1. The van der Waals surface area contributed by atoms with Gasteiger partial charge < -0.3 is 14.8 Å². The lowest BCUT2D eigenvalue weighted by atomic mass is 10.0. The van der Waals surface area contributed by atoms with Crippen molar-refractivity contribution in [2.75, 3.05) is 40.0 Å². The summed E-state index contributed by atoms with van der Waals surface area (Å²) < 4.78 is 10.8. The van der Waals surface area contributed by atoms with Gasteiger partial charge in [0.15, 0.2) is 0 Å². The Bertz CT molecular complexity index is 963. The topological polar surface area (TPSA) is 63.7 Å². The van der Waals surface area contributed by atoms with E-state index in [2.05, 4.69) is 27.3 Å². The third-order valence-electron chi connectivity index (χ3n) is 5.32. The Kier molecular flexibility index (Phi) is 6.03. The van der Waals surface area contributed by atoms with Gasteiger partial charge in [0.05, 0.1) is 37.4 Å². The largest absolute Gasteiger partial charge is 0.497 e. The molecule has 6 nitrogen and oxygen atoms in total. The lowest BCUT2D eigenvalue weighted by Crippen LogP contribution is -2.43. The van der Waals surface area contributed by atoms with Crippen LogP contribution in [0.3, 0.4) is 0 Å². The van der Waals surface area contributed by atoms with Crippen molar-refractivity contribution in [3.63, 3.8) is 0 Å². The molecule has 0 bridgehead atoms. The van der Waals surface area contributed by atoms with E-state index in [1.807, 2.05) is 42.5 Å². The first-order valence-electron chi connectivity index (χ1n) is 9.84. The van der Waals surface area contributed by atoms with E-state index in [-0.39, 0.29) is 11.9 Å². The molecule has 1 unspecified atom stereocenters. The number of carbonyl (C=O) groups excluding carboxylic acids is 1. The van der Waals surface area contributed by atoms with Crippen molar-refractivity contribution in [1.82, 2.24) is 15.2 Å². The predicted molar refractivity (Wildman–Crippen MR) is 112 cm³/mol. The number of nitrogens with zero attached hydrogens (tertiary/aromatic N) is 2. The van der Waals surface area contributed by atoms with Gasteiger partial charge in [0.1, 0.15) is 5.75 Å². The molecule has 3 aromatic rings. The van der Waals surface area contributed by atoms with Crippen LogP contribution >= 0.6 is 0 Å². The van der Waals surface area contributed by atoms with Crippen molar-refractivity contribution >= 4 is 16.8 Å². The summed E-state index contributed by atoms with van der Waals surface area (Å²) in [7, 11) is 1.66. The minimum atomic E-state index is -0.110. The number of pyridine rings is 1. The molecule has 150 valence electrons. The van der Waals surface area contributed by atoms with E-state index >= 15 is 0 Å². The van der Waals surface area contributed by atoms with Crippen LogP contribution in [0.5, 0.6) is 5.75 Å². The van der Waals surface area contributed by atoms with E-state index < -0.39 is 0 Å². The van der Waals surface area contributed by atoms with Crippen molar-refractivity contribution < 1.29 is 14.3 Å². The summed E-state index contributed by atoms with van der Waals surface area (Å²) in [4.78, 5) is 19.7. The second-order valence-corrected chi connectivity index (χ2v) is 7.03. The van der Waals surface area contributed by atoms with Gasteiger partial charge in [0.25, 0.3) is 5.91 Å². The highest BCUT2D eigenvalue weighted by Gasteiger charge is 2.24. The fourth-order valence-electron chi connectivity index (χ4n) is 3.75. The van der Waals surface area contributed by atoms with Crippen LogP contribution in [0.15, 0.2) is 60.8 Å². The van der Waals surface area contributed by atoms with Crippen molar-refractivity contribution in [2.45, 2.75) is 6.04 Å². The second-order valence-electron chi connectivity index (χ2n) is 7.03. The number of methoxy groups -OCH3 is 1. The maximum absolute atomic E-state index is 13.0. The highest BCUT2D eigenvalue weighted by atomic mass is 16.5. The number of hydrogen-bond donors (Lipinski definition) is 1. The zero-order chi connectivity index (χ0) is 20.1. The highest BCUT2D eigenvalue weighted by molar-refractivity contribution is 6.05. The van der Waals surface area contributed by atoms with Gasteiger partial charge in [-0.05, 0) is 29.8 Å². The van der Waals surface area contributed by atoms with Crippen molar-refractivity contribution in [1.29, 1.82) is 0 Å². The second kappa shape index (κ2) is 9.03. The fourth-order valence-corrected chi connectivity index (χ4v) is 3.75. The lowest BCUT2D eigenvalue weighted by molar-refractivity contribution is 0.0162. The van der Waals surface area contributed by atoms with E-state index in [1.54, 1.807) is 13.3 Å². The molecule has 1 amide bonds. The van der Waals surface area contributed by atoms with Crippen molar-refractivity contribution in [2.24, 2.45) is 0 Å². The third-order valence-corrected chi connectivity index (χ3v) is 5.32. The molecular weight excluding hydrogens is 366 g/mol. The Hall–Kier alpha value is -2.96. The number of fused-ring (bicyclic) bond motifs is 1. The van der Waals surface area contributed by atoms with E-state index in [9.17, 15) is 4.79 Å². The summed E-state index contributed by atoms with van der Waals surface area (Å²) in [5.74, 6) is 0.710. The maximum atomic E-state index is 13.0. The number of aromatic nitrogens is 1. The van der Waals surface area contributed by atoms with Crippen LogP contribution < -0.4 is 10.1 Å². The number of morpholine rings is 1. The summed E-state index contributed by atoms with van der Waals surface area (Å²) >= 11 is 0. The van der Waals surface area contributed by atoms with Gasteiger partial charge in [-0.25, -0.2) is 0 Å². The molecule has 1 saturated heterocycles. The van der Waals surface area contributed by atoms with Gasteiger partial charge in [0.2, 0.25) is 0 Å². The van der Waals surface area contributed by atoms with E-state index in [0.29, 0.717) is 25.3 Å². The summed E-state index contributed by atoms with van der Waals surface area (Å²) in [6.45, 7) is 3.58. The first kappa shape index (κ1) is 19.4. The van der Waals surface area contributed by atoms with Crippen molar-refractivity contribution in [3.8, 4) is 5.75 Å². The number of ether oxygens (including phenoxy) is 2. The molecule has 29 heavy (non-hydrogen) atoms. The third kappa shape index (κ3) is 4.39. The average molecular weight is 391 g/mol. The first-order valence-corrected chi connectivity index (χ1v) is 9.84. The molecule has 1 aliphatic rings. The fraction of sp³-hybridized carbons (Fsp3) is 0.304. The Labute approximate surface area is 170 Å². The van der Waals surface area contributed by atoms with Gasteiger partial charge in [-0.15, -0.1) is 0 Å².